The molecular formula is C29H24IrN-. The van der Waals surface area contributed by atoms with E-state index in [2.05, 4.69) is 98.3 Å². The van der Waals surface area contributed by atoms with Crippen molar-refractivity contribution in [2.24, 2.45) is 0 Å². The Morgan fingerprint density at radius 3 is 1.90 bits per heavy atom. The maximum absolute atomic E-state index is 4.66. The summed E-state index contributed by atoms with van der Waals surface area (Å²) in [4.78, 5) is 4.66. The summed E-state index contributed by atoms with van der Waals surface area (Å²) >= 11 is 0. The molecule has 0 bridgehead atoms. The van der Waals surface area contributed by atoms with Gasteiger partial charge >= 0.3 is 0 Å². The molecule has 155 valence electrons. The standard InChI is InChI=1S/C29H24N.Ir/c1-29(2,3)27-18-15-25(16-19-27)28-20-17-26(21-30-28)24-13-11-23(12-14-24)10-9-22-7-5-4-6-8-22;/h4-8,11-15,17-21H,1-3H3;/q-1;. The summed E-state index contributed by atoms with van der Waals surface area (Å²) in [6.07, 6.45) is 1.92. The first kappa shape index (κ1) is 22.7. The van der Waals surface area contributed by atoms with Crippen LogP contribution in [-0.2, 0) is 25.5 Å². The minimum absolute atomic E-state index is 0. The average molecular weight is 579 g/mol. The van der Waals surface area contributed by atoms with Gasteiger partial charge in [0, 0.05) is 37.4 Å². The van der Waals surface area contributed by atoms with Crippen LogP contribution in [0.5, 0.6) is 0 Å². The van der Waals surface area contributed by atoms with Crippen LogP contribution in [0.3, 0.4) is 0 Å². The fourth-order valence-corrected chi connectivity index (χ4v) is 3.19. The maximum Gasteiger partial charge on any atom is 0.0249 e. The van der Waals surface area contributed by atoms with Gasteiger partial charge in [-0.3, -0.25) is 0 Å². The average Bonchev–Trinajstić information content (AvgIpc) is 2.78. The van der Waals surface area contributed by atoms with E-state index in [-0.39, 0.29) is 25.5 Å². The van der Waals surface area contributed by atoms with Crippen molar-refractivity contribution in [1.82, 2.24) is 4.98 Å². The van der Waals surface area contributed by atoms with E-state index in [1.807, 2.05) is 36.5 Å². The third-order valence-corrected chi connectivity index (χ3v) is 5.06. The Labute approximate surface area is 198 Å². The molecule has 1 nitrogen and oxygen atoms in total. The predicted molar refractivity (Wildman–Crippen MR) is 125 cm³/mol. The third kappa shape index (κ3) is 5.80. The van der Waals surface area contributed by atoms with E-state index in [4.69, 9.17) is 0 Å². The molecule has 0 saturated carbocycles. The molecule has 0 unspecified atom stereocenters. The van der Waals surface area contributed by atoms with Gasteiger partial charge in [0.25, 0.3) is 0 Å². The van der Waals surface area contributed by atoms with Crippen LogP contribution < -0.4 is 0 Å². The predicted octanol–water partition coefficient (Wildman–Crippen LogP) is 6.91. The van der Waals surface area contributed by atoms with E-state index >= 15 is 0 Å². The van der Waals surface area contributed by atoms with Gasteiger partial charge in [-0.2, -0.15) is 0 Å². The Kier molecular flexibility index (Phi) is 7.24. The first-order chi connectivity index (χ1) is 14.5. The molecule has 3 aromatic carbocycles. The number of rotatable bonds is 2. The summed E-state index contributed by atoms with van der Waals surface area (Å²) < 4.78 is 0. The number of pyridine rings is 1. The van der Waals surface area contributed by atoms with E-state index in [1.54, 1.807) is 0 Å². The van der Waals surface area contributed by atoms with Crippen LogP contribution in [0.2, 0.25) is 0 Å². The maximum atomic E-state index is 4.66. The van der Waals surface area contributed by atoms with Gasteiger partial charge in [-0.15, -0.1) is 35.4 Å². The smallest absolute Gasteiger partial charge is 0.0249 e. The third-order valence-electron chi connectivity index (χ3n) is 5.06. The quantitative estimate of drug-likeness (QED) is 0.186. The van der Waals surface area contributed by atoms with Gasteiger partial charge in [-0.25, -0.2) is 0 Å². The number of aromatic nitrogens is 1. The van der Waals surface area contributed by atoms with Crippen molar-refractivity contribution in [2.45, 2.75) is 26.2 Å². The van der Waals surface area contributed by atoms with E-state index < -0.39 is 0 Å². The number of hydrogen-bond acceptors (Lipinski definition) is 1. The molecule has 4 rings (SSSR count). The van der Waals surface area contributed by atoms with E-state index in [9.17, 15) is 0 Å². The Morgan fingerprint density at radius 1 is 0.710 bits per heavy atom. The molecule has 0 amide bonds. The van der Waals surface area contributed by atoms with Gasteiger partial charge in [0.05, 0.1) is 0 Å². The molecule has 1 heterocycles. The summed E-state index contributed by atoms with van der Waals surface area (Å²) in [5.41, 5.74) is 7.60. The Morgan fingerprint density at radius 2 is 1.35 bits per heavy atom. The van der Waals surface area contributed by atoms with Crippen LogP contribution in [0.1, 0.15) is 37.5 Å². The van der Waals surface area contributed by atoms with Crippen LogP contribution in [0.15, 0.2) is 91.1 Å². The monoisotopic (exact) mass is 579 g/mol. The Hall–Kier alpha value is -2.98. The van der Waals surface area contributed by atoms with E-state index in [0.29, 0.717) is 0 Å². The van der Waals surface area contributed by atoms with Gasteiger partial charge in [0.1, 0.15) is 0 Å². The van der Waals surface area contributed by atoms with Gasteiger partial charge in [0.15, 0.2) is 0 Å². The number of nitrogens with zero attached hydrogens (tertiary/aromatic N) is 1. The van der Waals surface area contributed by atoms with Crippen LogP contribution in [0.4, 0.5) is 0 Å². The second-order valence-electron chi connectivity index (χ2n) is 8.37. The van der Waals surface area contributed by atoms with Gasteiger partial charge in [0.2, 0.25) is 0 Å². The minimum atomic E-state index is 0. The van der Waals surface area contributed by atoms with E-state index in [1.165, 1.54) is 5.56 Å². The fraction of sp³-hybridized carbons (Fsp3) is 0.138. The number of benzene rings is 3. The van der Waals surface area contributed by atoms with Crippen molar-refractivity contribution < 1.29 is 20.1 Å². The zero-order valence-electron chi connectivity index (χ0n) is 17.9. The van der Waals surface area contributed by atoms with Crippen molar-refractivity contribution >= 4 is 0 Å². The Bertz CT molecular complexity index is 1170. The van der Waals surface area contributed by atoms with Crippen LogP contribution in [0.25, 0.3) is 22.4 Å². The second-order valence-corrected chi connectivity index (χ2v) is 8.37. The topological polar surface area (TPSA) is 12.9 Å². The molecule has 1 radical (unpaired) electrons. The summed E-state index contributed by atoms with van der Waals surface area (Å²) in [5, 5.41) is 0. The molecule has 0 aliphatic heterocycles. The first-order valence-electron chi connectivity index (χ1n) is 10.2. The van der Waals surface area contributed by atoms with Crippen LogP contribution in [0, 0.1) is 17.9 Å². The molecule has 0 spiro atoms. The molecule has 1 aromatic heterocycles. The van der Waals surface area contributed by atoms with Gasteiger partial charge < -0.3 is 4.98 Å². The van der Waals surface area contributed by atoms with Crippen molar-refractivity contribution in [2.75, 3.05) is 0 Å². The zero-order valence-corrected chi connectivity index (χ0v) is 20.3. The second kappa shape index (κ2) is 9.88. The molecule has 0 N–H and O–H groups in total. The number of hydrogen-bond donors (Lipinski definition) is 0. The minimum Gasteiger partial charge on any atom is -0.304 e. The summed E-state index contributed by atoms with van der Waals surface area (Å²) in [5.74, 6) is 6.41. The molecule has 0 saturated heterocycles. The SMILES string of the molecule is CC(C)(C)c1c[c-]c(-c2ccc(-c3ccc(C#Cc4ccccc4)cc3)cn2)cc1.[Ir]. The summed E-state index contributed by atoms with van der Waals surface area (Å²) in [6, 6.07) is 32.2. The van der Waals surface area contributed by atoms with Crippen molar-refractivity contribution in [3.05, 3.63) is 114 Å². The molecule has 31 heavy (non-hydrogen) atoms. The summed E-state index contributed by atoms with van der Waals surface area (Å²) in [6.45, 7) is 6.63. The van der Waals surface area contributed by atoms with Crippen LogP contribution >= 0.6 is 0 Å². The van der Waals surface area contributed by atoms with E-state index in [0.717, 1.165) is 33.5 Å². The largest absolute Gasteiger partial charge is 0.304 e. The van der Waals surface area contributed by atoms with Crippen LogP contribution in [-0.4, -0.2) is 4.98 Å². The molecule has 0 atom stereocenters. The van der Waals surface area contributed by atoms with Gasteiger partial charge in [-0.1, -0.05) is 75.1 Å². The zero-order chi connectivity index (χ0) is 21.0. The molecule has 0 aliphatic carbocycles. The van der Waals surface area contributed by atoms with Crippen molar-refractivity contribution in [1.29, 1.82) is 0 Å². The molecule has 2 heteroatoms. The fourth-order valence-electron chi connectivity index (χ4n) is 3.19. The molecule has 4 aromatic rings. The molecular weight excluding hydrogens is 555 g/mol. The molecule has 0 aliphatic rings. The normalized spacial score (nSPS) is 10.5. The first-order valence-corrected chi connectivity index (χ1v) is 10.2. The van der Waals surface area contributed by atoms with Crippen molar-refractivity contribution in [3.63, 3.8) is 0 Å². The van der Waals surface area contributed by atoms with Crippen molar-refractivity contribution in [3.8, 4) is 34.2 Å². The Balaban J connectivity index is 0.00000272. The summed E-state index contributed by atoms with van der Waals surface area (Å²) in [7, 11) is 0. The van der Waals surface area contributed by atoms with Gasteiger partial charge in [-0.05, 0) is 46.5 Å². The molecule has 0 fully saturated rings.